The maximum atomic E-state index is 10.8. The topological polar surface area (TPSA) is 87.6 Å². The van der Waals surface area contributed by atoms with E-state index in [0.717, 1.165) is 34.7 Å². The van der Waals surface area contributed by atoms with Crippen LogP contribution in [-0.2, 0) is 32.1 Å². The van der Waals surface area contributed by atoms with Gasteiger partial charge in [-0.1, -0.05) is 36.4 Å². The van der Waals surface area contributed by atoms with Crippen molar-refractivity contribution in [3.05, 3.63) is 66.0 Å². The lowest BCUT2D eigenvalue weighted by Crippen LogP contribution is -2.09. The first-order valence-corrected chi connectivity index (χ1v) is 10.7. The smallest absolute Gasteiger partial charge is 0.264 e. The Morgan fingerprint density at radius 3 is 2.43 bits per heavy atom. The summed E-state index contributed by atoms with van der Waals surface area (Å²) in [5.41, 5.74) is 3.01. The van der Waals surface area contributed by atoms with Gasteiger partial charge < -0.3 is 9.47 Å². The Morgan fingerprint density at radius 1 is 0.893 bits per heavy atom. The lowest BCUT2D eigenvalue weighted by atomic mass is 10.1. The minimum absolute atomic E-state index is 0.0198. The number of nitrogens with zero attached hydrogens (tertiary/aromatic N) is 2. The molecule has 3 aromatic rings. The highest BCUT2D eigenvalue weighted by Crippen LogP contribution is 2.20. The lowest BCUT2D eigenvalue weighted by molar-refractivity contribution is 0.0911. The fourth-order valence-electron chi connectivity index (χ4n) is 2.60. The first-order valence-electron chi connectivity index (χ1n) is 8.84. The van der Waals surface area contributed by atoms with Crippen molar-refractivity contribution < 1.29 is 22.1 Å². The largest absolute Gasteiger partial charge is 0.477 e. The van der Waals surface area contributed by atoms with Gasteiger partial charge in [0.15, 0.2) is 0 Å². The van der Waals surface area contributed by atoms with E-state index in [-0.39, 0.29) is 13.2 Å². The lowest BCUT2D eigenvalue weighted by Gasteiger charge is -2.08. The summed E-state index contributed by atoms with van der Waals surface area (Å²) in [6.45, 7) is 1.15. The Morgan fingerprint density at radius 2 is 1.64 bits per heavy atom. The van der Waals surface area contributed by atoms with E-state index in [9.17, 15) is 8.42 Å². The van der Waals surface area contributed by atoms with E-state index >= 15 is 0 Å². The molecule has 8 heteroatoms. The van der Waals surface area contributed by atoms with Gasteiger partial charge in [0.2, 0.25) is 5.88 Å². The van der Waals surface area contributed by atoms with Crippen LogP contribution in [0.15, 0.2) is 54.9 Å². The summed E-state index contributed by atoms with van der Waals surface area (Å²) in [5.74, 6) is 0.590. The van der Waals surface area contributed by atoms with E-state index in [2.05, 4.69) is 14.2 Å². The summed E-state index contributed by atoms with van der Waals surface area (Å²) in [6, 6.07) is 15.7. The number of benzene rings is 2. The molecule has 0 aliphatic rings. The molecule has 0 aliphatic heterocycles. The number of hydrogen-bond acceptors (Lipinski definition) is 7. The molecule has 0 fully saturated rings. The van der Waals surface area contributed by atoms with Crippen LogP contribution in [0.3, 0.4) is 0 Å². The molecular formula is C20H22N2O5S. The molecule has 28 heavy (non-hydrogen) atoms. The van der Waals surface area contributed by atoms with Crippen LogP contribution in [0.2, 0.25) is 0 Å². The highest BCUT2D eigenvalue weighted by atomic mass is 32.2. The molecule has 2 aromatic carbocycles. The van der Waals surface area contributed by atoms with Crippen LogP contribution in [0.25, 0.3) is 10.9 Å². The van der Waals surface area contributed by atoms with Crippen molar-refractivity contribution in [3.63, 3.8) is 0 Å². The zero-order valence-corrected chi connectivity index (χ0v) is 16.4. The normalized spacial score (nSPS) is 11.6. The summed E-state index contributed by atoms with van der Waals surface area (Å²) in [5, 5.41) is 0.900. The molecule has 0 saturated heterocycles. The number of para-hydroxylation sites is 1. The third kappa shape index (κ3) is 6.26. The fraction of sp³-hybridized carbons (Fsp3) is 0.300. The quantitative estimate of drug-likeness (QED) is 0.381. The number of rotatable bonds is 10. The monoisotopic (exact) mass is 402 g/mol. The number of hydrogen-bond donors (Lipinski definition) is 0. The number of aromatic nitrogens is 2. The van der Waals surface area contributed by atoms with Gasteiger partial charge in [-0.15, -0.1) is 0 Å². The van der Waals surface area contributed by atoms with Crippen LogP contribution in [0.4, 0.5) is 0 Å². The highest BCUT2D eigenvalue weighted by Gasteiger charge is 2.04. The molecule has 1 heterocycles. The molecule has 148 valence electrons. The molecular weight excluding hydrogens is 380 g/mol. The molecule has 0 amide bonds. The summed E-state index contributed by atoms with van der Waals surface area (Å²) < 4.78 is 37.6. The Hall–Kier alpha value is -2.55. The maximum absolute atomic E-state index is 10.8. The SMILES string of the molecule is CS(=O)(=O)OCCOCc1ccc(CCOc2ncnc3ccccc23)cc1. The van der Waals surface area contributed by atoms with Crippen LogP contribution >= 0.6 is 0 Å². The van der Waals surface area contributed by atoms with Crippen LogP contribution in [0, 0.1) is 0 Å². The van der Waals surface area contributed by atoms with E-state index in [1.807, 2.05) is 48.5 Å². The molecule has 0 saturated carbocycles. The summed E-state index contributed by atoms with van der Waals surface area (Å²) in [4.78, 5) is 8.44. The fourth-order valence-corrected chi connectivity index (χ4v) is 2.97. The Bertz CT molecular complexity index is 1000. The van der Waals surface area contributed by atoms with Crippen molar-refractivity contribution >= 4 is 21.0 Å². The molecule has 0 bridgehead atoms. The number of fused-ring (bicyclic) bond motifs is 1. The molecule has 3 rings (SSSR count). The van der Waals surface area contributed by atoms with E-state index in [0.29, 0.717) is 19.1 Å². The van der Waals surface area contributed by atoms with Crippen molar-refractivity contribution in [2.75, 3.05) is 26.1 Å². The predicted octanol–water partition coefficient (Wildman–Crippen LogP) is 2.74. The highest BCUT2D eigenvalue weighted by molar-refractivity contribution is 7.85. The average Bonchev–Trinajstić information content (AvgIpc) is 2.68. The summed E-state index contributed by atoms with van der Waals surface area (Å²) in [7, 11) is -3.42. The van der Waals surface area contributed by atoms with E-state index in [1.54, 1.807) is 0 Å². The molecule has 0 spiro atoms. The Balaban J connectivity index is 1.43. The zero-order valence-electron chi connectivity index (χ0n) is 15.6. The van der Waals surface area contributed by atoms with Crippen molar-refractivity contribution in [3.8, 4) is 5.88 Å². The molecule has 0 aliphatic carbocycles. The van der Waals surface area contributed by atoms with Crippen LogP contribution in [0.5, 0.6) is 5.88 Å². The Kier molecular flexibility index (Phi) is 6.91. The van der Waals surface area contributed by atoms with Gasteiger partial charge in [-0.2, -0.15) is 8.42 Å². The van der Waals surface area contributed by atoms with Gasteiger partial charge in [0.25, 0.3) is 10.1 Å². The van der Waals surface area contributed by atoms with Crippen LogP contribution < -0.4 is 4.74 Å². The summed E-state index contributed by atoms with van der Waals surface area (Å²) >= 11 is 0. The van der Waals surface area contributed by atoms with Gasteiger partial charge in [0.1, 0.15) is 6.33 Å². The Labute approximate surface area is 164 Å². The predicted molar refractivity (Wildman–Crippen MR) is 106 cm³/mol. The molecule has 1 aromatic heterocycles. The second kappa shape index (κ2) is 9.59. The second-order valence-electron chi connectivity index (χ2n) is 6.19. The summed E-state index contributed by atoms with van der Waals surface area (Å²) in [6.07, 6.45) is 3.28. The van der Waals surface area contributed by atoms with Crippen LogP contribution in [0.1, 0.15) is 11.1 Å². The first-order chi connectivity index (χ1) is 13.5. The third-order valence-corrected chi connectivity index (χ3v) is 4.55. The van der Waals surface area contributed by atoms with Gasteiger partial charge in [0, 0.05) is 6.42 Å². The third-order valence-electron chi connectivity index (χ3n) is 3.95. The zero-order chi connectivity index (χ0) is 19.8. The molecule has 0 unspecified atom stereocenters. The van der Waals surface area contributed by atoms with Gasteiger partial charge in [-0.25, -0.2) is 9.97 Å². The molecule has 0 atom stereocenters. The van der Waals surface area contributed by atoms with Crippen molar-refractivity contribution in [2.24, 2.45) is 0 Å². The van der Waals surface area contributed by atoms with E-state index in [1.165, 1.54) is 6.33 Å². The van der Waals surface area contributed by atoms with E-state index in [4.69, 9.17) is 9.47 Å². The van der Waals surface area contributed by atoms with Gasteiger partial charge in [-0.05, 0) is 23.3 Å². The number of ether oxygens (including phenoxy) is 2. The minimum Gasteiger partial charge on any atom is -0.477 e. The van der Waals surface area contributed by atoms with Crippen molar-refractivity contribution in [2.45, 2.75) is 13.0 Å². The van der Waals surface area contributed by atoms with E-state index < -0.39 is 10.1 Å². The van der Waals surface area contributed by atoms with Gasteiger partial charge in [0.05, 0.1) is 43.6 Å². The molecule has 7 nitrogen and oxygen atoms in total. The van der Waals surface area contributed by atoms with Crippen molar-refractivity contribution in [1.82, 2.24) is 9.97 Å². The van der Waals surface area contributed by atoms with Crippen LogP contribution in [-0.4, -0.2) is 44.5 Å². The maximum Gasteiger partial charge on any atom is 0.264 e. The standard InChI is InChI=1S/C20H22N2O5S/c1-28(23,24)27-13-12-25-14-17-8-6-16(7-9-17)10-11-26-20-18-4-2-3-5-19(18)21-15-22-20/h2-9,15H,10-14H2,1H3. The molecule has 0 radical (unpaired) electrons. The van der Waals surface area contributed by atoms with Gasteiger partial charge in [-0.3, -0.25) is 4.18 Å². The first kappa shape index (κ1) is 20.2. The second-order valence-corrected chi connectivity index (χ2v) is 7.83. The van der Waals surface area contributed by atoms with Gasteiger partial charge >= 0.3 is 0 Å². The molecule has 0 N–H and O–H groups in total. The average molecular weight is 402 g/mol. The van der Waals surface area contributed by atoms with Crippen molar-refractivity contribution in [1.29, 1.82) is 0 Å². The minimum atomic E-state index is -3.42.